The van der Waals surface area contributed by atoms with Crippen molar-refractivity contribution in [2.45, 2.75) is 6.54 Å². The van der Waals surface area contributed by atoms with E-state index in [1.807, 2.05) is 0 Å². The maximum absolute atomic E-state index is 11.5. The zero-order valence-corrected chi connectivity index (χ0v) is 8.45. The number of amides is 1. The number of hydrogen-bond acceptors (Lipinski definition) is 6. The van der Waals surface area contributed by atoms with Crippen LogP contribution in [0.4, 0.5) is 5.13 Å². The SMILES string of the molecule is Nc1nnc(C(=O)NCc2ccoc2)s1. The van der Waals surface area contributed by atoms with Crippen molar-refractivity contribution in [2.75, 3.05) is 5.73 Å². The van der Waals surface area contributed by atoms with E-state index in [-0.39, 0.29) is 16.0 Å². The third-order valence-corrected chi connectivity index (χ3v) is 2.42. The zero-order chi connectivity index (χ0) is 10.7. The van der Waals surface area contributed by atoms with Gasteiger partial charge in [0, 0.05) is 12.1 Å². The van der Waals surface area contributed by atoms with Gasteiger partial charge in [-0.15, -0.1) is 10.2 Å². The highest BCUT2D eigenvalue weighted by Gasteiger charge is 2.10. The third kappa shape index (κ3) is 2.32. The van der Waals surface area contributed by atoms with E-state index in [2.05, 4.69) is 15.5 Å². The molecule has 0 saturated heterocycles. The Kier molecular flexibility index (Phi) is 2.64. The summed E-state index contributed by atoms with van der Waals surface area (Å²) in [5.41, 5.74) is 6.25. The molecule has 0 atom stereocenters. The fourth-order valence-electron chi connectivity index (χ4n) is 0.978. The van der Waals surface area contributed by atoms with E-state index >= 15 is 0 Å². The molecule has 0 unspecified atom stereocenters. The molecular formula is C8H8N4O2S. The molecule has 0 aliphatic carbocycles. The van der Waals surface area contributed by atoms with Crippen LogP contribution in [0.3, 0.4) is 0 Å². The molecule has 0 radical (unpaired) electrons. The number of hydrogen-bond donors (Lipinski definition) is 2. The first-order valence-electron chi connectivity index (χ1n) is 4.14. The van der Waals surface area contributed by atoms with E-state index in [4.69, 9.17) is 10.2 Å². The van der Waals surface area contributed by atoms with E-state index in [0.29, 0.717) is 6.54 Å². The molecule has 0 aliphatic rings. The van der Waals surface area contributed by atoms with Gasteiger partial charge in [0.25, 0.3) is 5.91 Å². The minimum Gasteiger partial charge on any atom is -0.472 e. The van der Waals surface area contributed by atoms with Crippen LogP contribution in [-0.4, -0.2) is 16.1 Å². The minimum atomic E-state index is -0.287. The molecule has 78 valence electrons. The molecule has 2 aromatic rings. The maximum atomic E-state index is 11.5. The van der Waals surface area contributed by atoms with Crippen LogP contribution in [0.1, 0.15) is 15.4 Å². The Labute approximate surface area is 89.1 Å². The predicted molar refractivity (Wildman–Crippen MR) is 54.2 cm³/mol. The first-order valence-corrected chi connectivity index (χ1v) is 4.95. The number of nitrogens with two attached hydrogens (primary N) is 1. The van der Waals surface area contributed by atoms with Crippen LogP contribution in [0.5, 0.6) is 0 Å². The van der Waals surface area contributed by atoms with Gasteiger partial charge in [0.05, 0.1) is 12.5 Å². The number of aromatic nitrogens is 2. The van der Waals surface area contributed by atoms with Crippen LogP contribution in [0.2, 0.25) is 0 Å². The molecule has 3 N–H and O–H groups in total. The van der Waals surface area contributed by atoms with Crippen molar-refractivity contribution in [3.8, 4) is 0 Å². The van der Waals surface area contributed by atoms with Crippen LogP contribution in [0, 0.1) is 0 Å². The number of anilines is 1. The number of furan rings is 1. The van der Waals surface area contributed by atoms with E-state index in [1.165, 1.54) is 0 Å². The Balaban J connectivity index is 1.93. The second-order valence-corrected chi connectivity index (χ2v) is 3.77. The molecule has 0 aromatic carbocycles. The molecule has 2 aromatic heterocycles. The van der Waals surface area contributed by atoms with Crippen LogP contribution in [0.25, 0.3) is 0 Å². The summed E-state index contributed by atoms with van der Waals surface area (Å²) in [5.74, 6) is -0.287. The van der Waals surface area contributed by atoms with Gasteiger partial charge in [0.2, 0.25) is 10.1 Å². The summed E-state index contributed by atoms with van der Waals surface area (Å²) < 4.78 is 4.86. The highest BCUT2D eigenvalue weighted by Crippen LogP contribution is 2.10. The average molecular weight is 224 g/mol. The molecule has 1 amide bonds. The van der Waals surface area contributed by atoms with Crippen molar-refractivity contribution in [3.05, 3.63) is 29.2 Å². The number of rotatable bonds is 3. The summed E-state index contributed by atoms with van der Waals surface area (Å²) >= 11 is 1.05. The molecule has 0 spiro atoms. The lowest BCUT2D eigenvalue weighted by atomic mass is 10.3. The van der Waals surface area contributed by atoms with Crippen molar-refractivity contribution < 1.29 is 9.21 Å². The summed E-state index contributed by atoms with van der Waals surface area (Å²) in [4.78, 5) is 11.5. The van der Waals surface area contributed by atoms with E-state index in [1.54, 1.807) is 18.6 Å². The summed E-state index contributed by atoms with van der Waals surface area (Å²) in [6.45, 7) is 0.398. The van der Waals surface area contributed by atoms with Gasteiger partial charge in [0.15, 0.2) is 0 Å². The summed E-state index contributed by atoms with van der Waals surface area (Å²) in [7, 11) is 0. The molecule has 7 heteroatoms. The molecule has 0 saturated carbocycles. The molecule has 2 heterocycles. The lowest BCUT2D eigenvalue weighted by Gasteiger charge is -1.98. The smallest absolute Gasteiger partial charge is 0.282 e. The van der Waals surface area contributed by atoms with Gasteiger partial charge < -0.3 is 15.5 Å². The molecule has 0 bridgehead atoms. The van der Waals surface area contributed by atoms with E-state index in [0.717, 1.165) is 16.9 Å². The van der Waals surface area contributed by atoms with Gasteiger partial charge in [-0.3, -0.25) is 4.79 Å². The largest absolute Gasteiger partial charge is 0.472 e. The Morgan fingerprint density at radius 3 is 3.07 bits per heavy atom. The van der Waals surface area contributed by atoms with E-state index < -0.39 is 0 Å². The highest BCUT2D eigenvalue weighted by molar-refractivity contribution is 7.16. The van der Waals surface area contributed by atoms with Gasteiger partial charge >= 0.3 is 0 Å². The second kappa shape index (κ2) is 4.09. The van der Waals surface area contributed by atoms with Gasteiger partial charge in [-0.25, -0.2) is 0 Å². The monoisotopic (exact) mass is 224 g/mol. The number of nitrogen functional groups attached to an aromatic ring is 1. The molecule has 15 heavy (non-hydrogen) atoms. The molecular weight excluding hydrogens is 216 g/mol. The fraction of sp³-hybridized carbons (Fsp3) is 0.125. The Hall–Kier alpha value is -1.89. The Morgan fingerprint density at radius 2 is 2.47 bits per heavy atom. The lowest BCUT2D eigenvalue weighted by Crippen LogP contribution is -2.22. The van der Waals surface area contributed by atoms with Crippen molar-refractivity contribution in [1.82, 2.24) is 15.5 Å². The normalized spacial score (nSPS) is 10.1. The van der Waals surface area contributed by atoms with Crippen LogP contribution in [0.15, 0.2) is 23.0 Å². The average Bonchev–Trinajstić information content (AvgIpc) is 2.84. The number of carbonyl (C=O) groups excluding carboxylic acids is 1. The van der Waals surface area contributed by atoms with Crippen molar-refractivity contribution >= 4 is 22.4 Å². The Morgan fingerprint density at radius 1 is 1.60 bits per heavy atom. The first-order chi connectivity index (χ1) is 7.25. The zero-order valence-electron chi connectivity index (χ0n) is 7.64. The standard InChI is InChI=1S/C8H8N4O2S/c9-8-12-11-7(15-8)6(13)10-3-5-1-2-14-4-5/h1-2,4H,3H2,(H2,9,12)(H,10,13). The van der Waals surface area contributed by atoms with Crippen LogP contribution >= 0.6 is 11.3 Å². The van der Waals surface area contributed by atoms with Crippen molar-refractivity contribution in [3.63, 3.8) is 0 Å². The first kappa shape index (κ1) is 9.66. The minimum absolute atomic E-state index is 0.260. The second-order valence-electron chi connectivity index (χ2n) is 2.76. The predicted octanol–water partition coefficient (Wildman–Crippen LogP) is 0.643. The van der Waals surface area contributed by atoms with E-state index in [9.17, 15) is 4.79 Å². The highest BCUT2D eigenvalue weighted by atomic mass is 32.1. The van der Waals surface area contributed by atoms with Crippen LogP contribution < -0.4 is 11.1 Å². The maximum Gasteiger partial charge on any atom is 0.282 e. The van der Waals surface area contributed by atoms with Gasteiger partial charge in [-0.2, -0.15) is 0 Å². The van der Waals surface area contributed by atoms with Gasteiger partial charge in [-0.05, 0) is 6.07 Å². The lowest BCUT2D eigenvalue weighted by molar-refractivity contribution is 0.0950. The fourth-order valence-corrected chi connectivity index (χ4v) is 1.50. The summed E-state index contributed by atoms with van der Waals surface area (Å²) in [6.07, 6.45) is 3.11. The van der Waals surface area contributed by atoms with Gasteiger partial charge in [-0.1, -0.05) is 11.3 Å². The number of carbonyl (C=O) groups is 1. The van der Waals surface area contributed by atoms with Crippen molar-refractivity contribution in [2.24, 2.45) is 0 Å². The van der Waals surface area contributed by atoms with Crippen LogP contribution in [-0.2, 0) is 6.54 Å². The number of nitrogens with one attached hydrogen (secondary N) is 1. The topological polar surface area (TPSA) is 94.0 Å². The van der Waals surface area contributed by atoms with Crippen molar-refractivity contribution in [1.29, 1.82) is 0 Å². The van der Waals surface area contributed by atoms with Gasteiger partial charge in [0.1, 0.15) is 0 Å². The molecule has 6 nitrogen and oxygen atoms in total. The molecule has 2 rings (SSSR count). The third-order valence-electron chi connectivity index (χ3n) is 1.67. The summed E-state index contributed by atoms with van der Waals surface area (Å²) in [6, 6.07) is 1.77. The number of nitrogens with zero attached hydrogens (tertiary/aromatic N) is 2. The Bertz CT molecular complexity index is 451. The molecule has 0 aliphatic heterocycles. The quantitative estimate of drug-likeness (QED) is 0.798. The molecule has 0 fully saturated rings. The summed E-state index contributed by atoms with van der Waals surface area (Å²) in [5, 5.41) is 10.4.